The third-order valence-corrected chi connectivity index (χ3v) is 3.24. The van der Waals surface area contributed by atoms with Gasteiger partial charge in [-0.05, 0) is 31.0 Å². The first-order valence-corrected chi connectivity index (χ1v) is 6.55. The summed E-state index contributed by atoms with van der Waals surface area (Å²) in [6.07, 6.45) is 2.19. The first-order valence-electron chi connectivity index (χ1n) is 6.55. The van der Waals surface area contributed by atoms with Crippen LogP contribution in [-0.4, -0.2) is 9.97 Å². The molecule has 1 saturated carbocycles. The molecule has 0 unspecified atom stereocenters. The molecule has 3 N–H and O–H groups in total. The Morgan fingerprint density at radius 3 is 2.52 bits per heavy atom. The predicted molar refractivity (Wildman–Crippen MR) is 77.6 cm³/mol. The first kappa shape index (κ1) is 12.9. The standard InChI is InChI=1S/C15H12N6/c16-7-10-3-4-12(5-11(10)8-17)19-14-6-13(18)20-15(21-14)9-1-2-9/h3-6,9H,1-2H2,(H3,18,19,20,21). The van der Waals surface area contributed by atoms with E-state index in [-0.39, 0.29) is 0 Å². The quantitative estimate of drug-likeness (QED) is 0.890. The van der Waals surface area contributed by atoms with Crippen molar-refractivity contribution in [1.29, 1.82) is 10.5 Å². The summed E-state index contributed by atoms with van der Waals surface area (Å²) >= 11 is 0. The Balaban J connectivity index is 1.90. The minimum atomic E-state index is 0.326. The van der Waals surface area contributed by atoms with E-state index in [1.165, 1.54) is 0 Å². The van der Waals surface area contributed by atoms with Crippen LogP contribution >= 0.6 is 0 Å². The van der Waals surface area contributed by atoms with Gasteiger partial charge in [-0.2, -0.15) is 10.5 Å². The van der Waals surface area contributed by atoms with E-state index in [0.717, 1.165) is 18.7 Å². The Labute approximate surface area is 121 Å². The van der Waals surface area contributed by atoms with Crippen LogP contribution in [0, 0.1) is 22.7 Å². The molecule has 0 spiro atoms. The van der Waals surface area contributed by atoms with Crippen molar-refractivity contribution < 1.29 is 0 Å². The minimum absolute atomic E-state index is 0.326. The Hall–Kier alpha value is -3.12. The molecule has 1 aliphatic carbocycles. The van der Waals surface area contributed by atoms with Gasteiger partial charge in [0, 0.05) is 17.7 Å². The summed E-state index contributed by atoms with van der Waals surface area (Å²) in [5, 5.41) is 21.0. The van der Waals surface area contributed by atoms with E-state index in [4.69, 9.17) is 16.3 Å². The molecule has 1 heterocycles. The summed E-state index contributed by atoms with van der Waals surface area (Å²) in [4.78, 5) is 8.67. The van der Waals surface area contributed by atoms with Crippen molar-refractivity contribution in [2.45, 2.75) is 18.8 Å². The van der Waals surface area contributed by atoms with Gasteiger partial charge in [-0.25, -0.2) is 9.97 Å². The normalized spacial score (nSPS) is 13.2. The topological polar surface area (TPSA) is 111 Å². The zero-order chi connectivity index (χ0) is 14.8. The molecule has 21 heavy (non-hydrogen) atoms. The Bertz CT molecular complexity index is 780. The molecule has 3 rings (SSSR count). The maximum atomic E-state index is 9.03. The predicted octanol–water partition coefficient (Wildman–Crippen LogP) is 2.42. The lowest BCUT2D eigenvalue weighted by Crippen LogP contribution is -2.03. The number of anilines is 3. The molecule has 6 heteroatoms. The molecule has 0 atom stereocenters. The summed E-state index contributed by atoms with van der Waals surface area (Å²) in [6.45, 7) is 0. The third-order valence-electron chi connectivity index (χ3n) is 3.24. The summed E-state index contributed by atoms with van der Waals surface area (Å²) in [5.41, 5.74) is 7.16. The number of nitrogens with two attached hydrogens (primary N) is 1. The molecule has 0 amide bonds. The van der Waals surface area contributed by atoms with E-state index in [1.807, 2.05) is 12.1 Å². The Morgan fingerprint density at radius 2 is 1.86 bits per heavy atom. The molecule has 1 aliphatic rings. The lowest BCUT2D eigenvalue weighted by atomic mass is 10.1. The van der Waals surface area contributed by atoms with E-state index < -0.39 is 0 Å². The molecule has 1 aromatic heterocycles. The van der Waals surface area contributed by atoms with Gasteiger partial charge >= 0.3 is 0 Å². The highest BCUT2D eigenvalue weighted by atomic mass is 15.1. The number of nitrogen functional groups attached to an aromatic ring is 1. The van der Waals surface area contributed by atoms with Crippen LogP contribution in [0.15, 0.2) is 24.3 Å². The number of hydrogen-bond donors (Lipinski definition) is 2. The Kier molecular flexibility index (Phi) is 3.13. The van der Waals surface area contributed by atoms with Gasteiger partial charge in [-0.1, -0.05) is 0 Å². The number of nitrogens with zero attached hydrogens (tertiary/aromatic N) is 4. The van der Waals surface area contributed by atoms with Crippen molar-refractivity contribution in [2.24, 2.45) is 0 Å². The molecule has 6 nitrogen and oxygen atoms in total. The van der Waals surface area contributed by atoms with E-state index in [2.05, 4.69) is 15.3 Å². The molecular formula is C15H12N6. The minimum Gasteiger partial charge on any atom is -0.384 e. The van der Waals surface area contributed by atoms with Crippen molar-refractivity contribution >= 4 is 17.3 Å². The second-order valence-electron chi connectivity index (χ2n) is 4.92. The fourth-order valence-corrected chi connectivity index (χ4v) is 2.03. The van der Waals surface area contributed by atoms with E-state index in [0.29, 0.717) is 34.4 Å². The third kappa shape index (κ3) is 2.75. The molecule has 0 saturated heterocycles. The fraction of sp³-hybridized carbons (Fsp3) is 0.200. The van der Waals surface area contributed by atoms with E-state index in [1.54, 1.807) is 24.3 Å². The lowest BCUT2D eigenvalue weighted by molar-refractivity contribution is 0.936. The Morgan fingerprint density at radius 1 is 1.10 bits per heavy atom. The largest absolute Gasteiger partial charge is 0.384 e. The van der Waals surface area contributed by atoms with Crippen molar-refractivity contribution in [2.75, 3.05) is 11.1 Å². The number of benzene rings is 1. The summed E-state index contributed by atoms with van der Waals surface area (Å²) in [5.74, 6) is 2.18. The van der Waals surface area contributed by atoms with Crippen LogP contribution in [0.3, 0.4) is 0 Å². The highest BCUT2D eigenvalue weighted by Crippen LogP contribution is 2.38. The van der Waals surface area contributed by atoms with Crippen molar-refractivity contribution in [3.05, 3.63) is 41.2 Å². The maximum Gasteiger partial charge on any atom is 0.136 e. The number of aromatic nitrogens is 2. The summed E-state index contributed by atoms with van der Waals surface area (Å²) in [6, 6.07) is 10.6. The molecule has 102 valence electrons. The van der Waals surface area contributed by atoms with Crippen LogP contribution in [0.4, 0.5) is 17.3 Å². The molecule has 2 aromatic rings. The summed E-state index contributed by atoms with van der Waals surface area (Å²) < 4.78 is 0. The molecular weight excluding hydrogens is 264 g/mol. The average Bonchev–Trinajstić information content (AvgIpc) is 3.31. The molecule has 1 aromatic carbocycles. The zero-order valence-corrected chi connectivity index (χ0v) is 11.2. The van der Waals surface area contributed by atoms with Gasteiger partial charge in [0.2, 0.25) is 0 Å². The van der Waals surface area contributed by atoms with Gasteiger partial charge in [-0.3, -0.25) is 0 Å². The van der Waals surface area contributed by atoms with Crippen LogP contribution in [-0.2, 0) is 0 Å². The van der Waals surface area contributed by atoms with E-state index >= 15 is 0 Å². The first-order chi connectivity index (χ1) is 10.2. The van der Waals surface area contributed by atoms with Gasteiger partial charge in [0.05, 0.1) is 11.1 Å². The van der Waals surface area contributed by atoms with Gasteiger partial charge in [0.15, 0.2) is 0 Å². The van der Waals surface area contributed by atoms with Crippen LogP contribution < -0.4 is 11.1 Å². The number of rotatable bonds is 3. The second-order valence-corrected chi connectivity index (χ2v) is 4.92. The monoisotopic (exact) mass is 276 g/mol. The van der Waals surface area contributed by atoms with Gasteiger partial charge in [0.1, 0.15) is 29.6 Å². The second kappa shape index (κ2) is 5.10. The molecule has 0 aliphatic heterocycles. The molecule has 1 fully saturated rings. The highest BCUT2D eigenvalue weighted by molar-refractivity contribution is 5.63. The van der Waals surface area contributed by atoms with Crippen molar-refractivity contribution in [3.63, 3.8) is 0 Å². The number of nitrogens with one attached hydrogen (secondary N) is 1. The van der Waals surface area contributed by atoms with Crippen LogP contribution in [0.1, 0.15) is 35.7 Å². The molecule has 0 bridgehead atoms. The SMILES string of the molecule is N#Cc1ccc(Nc2cc(N)nc(C3CC3)n2)cc1C#N. The van der Waals surface area contributed by atoms with Gasteiger partial charge < -0.3 is 11.1 Å². The average molecular weight is 276 g/mol. The van der Waals surface area contributed by atoms with Gasteiger partial charge in [0.25, 0.3) is 0 Å². The maximum absolute atomic E-state index is 9.03. The van der Waals surface area contributed by atoms with Gasteiger partial charge in [-0.15, -0.1) is 0 Å². The highest BCUT2D eigenvalue weighted by Gasteiger charge is 2.27. The molecule has 0 radical (unpaired) electrons. The number of hydrogen-bond acceptors (Lipinski definition) is 6. The fourth-order valence-electron chi connectivity index (χ4n) is 2.03. The van der Waals surface area contributed by atoms with E-state index in [9.17, 15) is 0 Å². The zero-order valence-electron chi connectivity index (χ0n) is 11.2. The van der Waals surface area contributed by atoms with Crippen molar-refractivity contribution in [3.8, 4) is 12.1 Å². The van der Waals surface area contributed by atoms with Crippen molar-refractivity contribution in [1.82, 2.24) is 9.97 Å². The smallest absolute Gasteiger partial charge is 0.136 e. The van der Waals surface area contributed by atoms with Crippen LogP contribution in [0.5, 0.6) is 0 Å². The van der Waals surface area contributed by atoms with Crippen LogP contribution in [0.25, 0.3) is 0 Å². The lowest BCUT2D eigenvalue weighted by Gasteiger charge is -2.08. The van der Waals surface area contributed by atoms with Crippen LogP contribution in [0.2, 0.25) is 0 Å². The number of nitriles is 2. The summed E-state index contributed by atoms with van der Waals surface area (Å²) in [7, 11) is 0.